The van der Waals surface area contributed by atoms with E-state index in [4.69, 9.17) is 10.5 Å². The summed E-state index contributed by atoms with van der Waals surface area (Å²) in [6, 6.07) is 9.38. The van der Waals surface area contributed by atoms with Gasteiger partial charge in [0.05, 0.1) is 7.11 Å². The summed E-state index contributed by atoms with van der Waals surface area (Å²) >= 11 is 0. The number of methoxy groups -OCH3 is 1. The maximum atomic E-state index is 6.19. The third-order valence-corrected chi connectivity index (χ3v) is 5.56. The van der Waals surface area contributed by atoms with Crippen molar-refractivity contribution in [2.45, 2.75) is 52.1 Å². The number of hydrogen-bond donors (Lipinski definition) is 1. The minimum atomic E-state index is 0.302. The van der Waals surface area contributed by atoms with Crippen LogP contribution in [0.15, 0.2) is 24.3 Å². The average molecular weight is 302 g/mol. The lowest BCUT2D eigenvalue weighted by Crippen LogP contribution is -2.39. The topological polar surface area (TPSA) is 38.5 Å². The van der Waals surface area contributed by atoms with Gasteiger partial charge >= 0.3 is 0 Å². The normalized spacial score (nSPS) is 32.0. The molecule has 1 heterocycles. The van der Waals surface area contributed by atoms with Crippen molar-refractivity contribution in [2.24, 2.45) is 16.6 Å². The number of nitrogens with zero attached hydrogens (tertiary/aromatic N) is 1. The van der Waals surface area contributed by atoms with Gasteiger partial charge in [0.1, 0.15) is 5.75 Å². The Balaban J connectivity index is 1.88. The molecule has 0 amide bonds. The van der Waals surface area contributed by atoms with E-state index in [-0.39, 0.29) is 0 Å². The van der Waals surface area contributed by atoms with Gasteiger partial charge in [0, 0.05) is 25.2 Å². The summed E-state index contributed by atoms with van der Waals surface area (Å²) in [5, 5.41) is 0. The smallest absolute Gasteiger partial charge is 0.119 e. The van der Waals surface area contributed by atoms with Gasteiger partial charge in [-0.2, -0.15) is 0 Å². The Hall–Kier alpha value is -1.06. The molecule has 0 spiro atoms. The molecule has 3 heteroatoms. The first kappa shape index (κ1) is 15.8. The largest absolute Gasteiger partial charge is 0.497 e. The summed E-state index contributed by atoms with van der Waals surface area (Å²) in [6.07, 6.45) is 3.92. The molecule has 1 aliphatic carbocycles. The summed E-state index contributed by atoms with van der Waals surface area (Å²) in [6.45, 7) is 9.13. The number of ether oxygens (including phenoxy) is 1. The molecule has 1 aromatic carbocycles. The van der Waals surface area contributed by atoms with Crippen molar-refractivity contribution >= 4 is 0 Å². The van der Waals surface area contributed by atoms with E-state index < -0.39 is 0 Å². The lowest BCUT2D eigenvalue weighted by atomic mass is 9.65. The molecule has 3 rings (SSSR count). The van der Waals surface area contributed by atoms with E-state index in [0.29, 0.717) is 29.5 Å². The quantitative estimate of drug-likeness (QED) is 0.923. The standard InChI is InChI=1S/C19H30N2O/c1-18(2)9-15-10-19(3,12-18)13-21(15)17(11-20)14-6-5-7-16(8-14)22-4/h5-8,15,17H,9-13,20H2,1-4H3. The Morgan fingerprint density at radius 1 is 1.32 bits per heavy atom. The van der Waals surface area contributed by atoms with Gasteiger partial charge in [-0.05, 0) is 47.8 Å². The summed E-state index contributed by atoms with van der Waals surface area (Å²) in [5.74, 6) is 0.921. The summed E-state index contributed by atoms with van der Waals surface area (Å²) in [4.78, 5) is 2.67. The molecule has 3 atom stereocenters. The van der Waals surface area contributed by atoms with E-state index in [9.17, 15) is 0 Å². The highest BCUT2D eigenvalue weighted by atomic mass is 16.5. The Morgan fingerprint density at radius 3 is 2.77 bits per heavy atom. The highest BCUT2D eigenvalue weighted by molar-refractivity contribution is 5.31. The zero-order chi connectivity index (χ0) is 16.0. The van der Waals surface area contributed by atoms with Crippen LogP contribution >= 0.6 is 0 Å². The molecular weight excluding hydrogens is 272 g/mol. The van der Waals surface area contributed by atoms with Gasteiger partial charge in [-0.25, -0.2) is 0 Å². The fraction of sp³-hybridized carbons (Fsp3) is 0.684. The fourth-order valence-corrected chi connectivity index (χ4v) is 5.18. The summed E-state index contributed by atoms with van der Waals surface area (Å²) in [5.41, 5.74) is 8.36. The van der Waals surface area contributed by atoms with Crippen LogP contribution in [0.2, 0.25) is 0 Å². The van der Waals surface area contributed by atoms with E-state index in [1.165, 1.54) is 31.4 Å². The van der Waals surface area contributed by atoms with Crippen molar-refractivity contribution in [1.29, 1.82) is 0 Å². The van der Waals surface area contributed by atoms with E-state index in [2.05, 4.69) is 43.9 Å². The molecule has 1 aromatic rings. The molecule has 1 saturated carbocycles. The van der Waals surface area contributed by atoms with E-state index >= 15 is 0 Å². The van der Waals surface area contributed by atoms with Crippen LogP contribution in [-0.4, -0.2) is 31.1 Å². The van der Waals surface area contributed by atoms with Gasteiger partial charge in [-0.3, -0.25) is 4.90 Å². The maximum Gasteiger partial charge on any atom is 0.119 e. The molecule has 122 valence electrons. The predicted molar refractivity (Wildman–Crippen MR) is 91.0 cm³/mol. The fourth-order valence-electron chi connectivity index (χ4n) is 5.18. The van der Waals surface area contributed by atoms with Gasteiger partial charge < -0.3 is 10.5 Å². The van der Waals surface area contributed by atoms with Crippen LogP contribution in [0, 0.1) is 10.8 Å². The predicted octanol–water partition coefficient (Wildman–Crippen LogP) is 3.60. The van der Waals surface area contributed by atoms with Crippen molar-refractivity contribution < 1.29 is 4.74 Å². The van der Waals surface area contributed by atoms with Crippen LogP contribution < -0.4 is 10.5 Å². The van der Waals surface area contributed by atoms with Crippen LogP contribution in [0.4, 0.5) is 0 Å². The number of hydrogen-bond acceptors (Lipinski definition) is 3. The highest BCUT2D eigenvalue weighted by Gasteiger charge is 2.51. The number of nitrogens with two attached hydrogens (primary N) is 1. The summed E-state index contributed by atoms with van der Waals surface area (Å²) in [7, 11) is 1.73. The Morgan fingerprint density at radius 2 is 2.09 bits per heavy atom. The molecule has 3 nitrogen and oxygen atoms in total. The maximum absolute atomic E-state index is 6.19. The van der Waals surface area contributed by atoms with Crippen molar-refractivity contribution in [3.8, 4) is 5.75 Å². The van der Waals surface area contributed by atoms with Crippen molar-refractivity contribution in [3.05, 3.63) is 29.8 Å². The van der Waals surface area contributed by atoms with Gasteiger partial charge in [0.2, 0.25) is 0 Å². The number of benzene rings is 1. The first-order chi connectivity index (χ1) is 10.4. The molecule has 22 heavy (non-hydrogen) atoms. The van der Waals surface area contributed by atoms with Crippen LogP contribution in [0.25, 0.3) is 0 Å². The molecule has 2 aliphatic rings. The average Bonchev–Trinajstić information content (AvgIpc) is 2.69. The number of fused-ring (bicyclic) bond motifs is 2. The second-order valence-electron chi connectivity index (χ2n) is 8.41. The van der Waals surface area contributed by atoms with E-state index in [1.807, 2.05) is 6.07 Å². The van der Waals surface area contributed by atoms with Crippen molar-refractivity contribution in [1.82, 2.24) is 4.90 Å². The molecular formula is C19H30N2O. The summed E-state index contributed by atoms with van der Waals surface area (Å²) < 4.78 is 5.39. The highest BCUT2D eigenvalue weighted by Crippen LogP contribution is 2.54. The second-order valence-corrected chi connectivity index (χ2v) is 8.41. The zero-order valence-corrected chi connectivity index (χ0v) is 14.4. The molecule has 3 unspecified atom stereocenters. The third-order valence-electron chi connectivity index (χ3n) is 5.56. The first-order valence-electron chi connectivity index (χ1n) is 8.46. The Bertz CT molecular complexity index is 542. The second kappa shape index (κ2) is 5.54. The Kier molecular flexibility index (Phi) is 3.98. The van der Waals surface area contributed by atoms with Crippen molar-refractivity contribution in [3.63, 3.8) is 0 Å². The molecule has 2 fully saturated rings. The molecule has 2 N–H and O–H groups in total. The lowest BCUT2D eigenvalue weighted by molar-refractivity contribution is 0.118. The van der Waals surface area contributed by atoms with Crippen LogP contribution in [-0.2, 0) is 0 Å². The third kappa shape index (κ3) is 2.89. The van der Waals surface area contributed by atoms with Crippen molar-refractivity contribution in [2.75, 3.05) is 20.2 Å². The zero-order valence-electron chi connectivity index (χ0n) is 14.4. The molecule has 1 saturated heterocycles. The molecule has 1 aliphatic heterocycles. The van der Waals surface area contributed by atoms with Crippen LogP contribution in [0.1, 0.15) is 51.6 Å². The minimum Gasteiger partial charge on any atom is -0.497 e. The Labute approximate surface area is 134 Å². The van der Waals surface area contributed by atoms with Crippen LogP contribution in [0.3, 0.4) is 0 Å². The lowest BCUT2D eigenvalue weighted by Gasteiger charge is -2.40. The van der Waals surface area contributed by atoms with Crippen LogP contribution in [0.5, 0.6) is 5.75 Å². The number of rotatable bonds is 4. The first-order valence-corrected chi connectivity index (χ1v) is 8.46. The van der Waals surface area contributed by atoms with Gasteiger partial charge in [-0.15, -0.1) is 0 Å². The SMILES string of the molecule is COc1cccc(C(CN)N2CC3(C)CC2CC(C)(C)C3)c1. The van der Waals surface area contributed by atoms with Gasteiger partial charge in [0.15, 0.2) is 0 Å². The number of likely N-dealkylation sites (tertiary alicyclic amines) is 1. The van der Waals surface area contributed by atoms with Gasteiger partial charge in [0.25, 0.3) is 0 Å². The molecule has 0 radical (unpaired) electrons. The molecule has 0 aromatic heterocycles. The molecule has 2 bridgehead atoms. The van der Waals surface area contributed by atoms with E-state index in [0.717, 1.165) is 5.75 Å². The van der Waals surface area contributed by atoms with E-state index in [1.54, 1.807) is 7.11 Å². The monoisotopic (exact) mass is 302 g/mol. The van der Waals surface area contributed by atoms with Gasteiger partial charge in [-0.1, -0.05) is 32.9 Å². The minimum absolute atomic E-state index is 0.302.